The lowest BCUT2D eigenvalue weighted by molar-refractivity contribution is 0.0900. The lowest BCUT2D eigenvalue weighted by Gasteiger charge is -2.21. The van der Waals surface area contributed by atoms with E-state index in [0.29, 0.717) is 6.04 Å². The fraction of sp³-hybridized carbons (Fsp3) is 0.500. The number of ketones is 1. The maximum Gasteiger partial charge on any atom is 0.167 e. The Morgan fingerprint density at radius 3 is 3.00 bits per heavy atom. The molecule has 1 atom stereocenters. The summed E-state index contributed by atoms with van der Waals surface area (Å²) in [6.45, 7) is 6.10. The van der Waals surface area contributed by atoms with Crippen molar-refractivity contribution in [3.63, 3.8) is 0 Å². The maximum atomic E-state index is 12.5. The number of hydrogen-bond donors (Lipinski definition) is 1. The first-order valence-corrected chi connectivity index (χ1v) is 7.38. The van der Waals surface area contributed by atoms with Gasteiger partial charge in [-0.25, -0.2) is 4.98 Å². The Balaban J connectivity index is 1.91. The molecule has 0 spiro atoms. The van der Waals surface area contributed by atoms with E-state index in [-0.39, 0.29) is 11.7 Å². The predicted molar refractivity (Wildman–Crippen MR) is 80.0 cm³/mol. The number of Topliss-reactive ketones (excluding diaryl/α,β-unsaturated/α-hetero) is 1. The van der Waals surface area contributed by atoms with Crippen LogP contribution in [0.25, 0.3) is 11.0 Å². The third-order valence-electron chi connectivity index (χ3n) is 4.08. The van der Waals surface area contributed by atoms with Gasteiger partial charge in [0.2, 0.25) is 0 Å². The van der Waals surface area contributed by atoms with E-state index in [2.05, 4.69) is 28.7 Å². The molecule has 1 aliphatic rings. The Kier molecular flexibility index (Phi) is 3.57. The van der Waals surface area contributed by atoms with E-state index in [1.165, 1.54) is 0 Å². The molecule has 1 aromatic carbocycles. The molecule has 1 aliphatic heterocycles. The van der Waals surface area contributed by atoms with Crippen LogP contribution >= 0.6 is 0 Å². The average molecular weight is 271 g/mol. The number of carbonyl (C=O) groups is 1. The summed E-state index contributed by atoms with van der Waals surface area (Å²) in [5, 5.41) is 3.30. The number of hydrogen-bond acceptors (Lipinski definition) is 3. The Morgan fingerprint density at radius 2 is 2.30 bits per heavy atom. The first-order chi connectivity index (χ1) is 9.66. The fourth-order valence-electron chi connectivity index (χ4n) is 2.91. The van der Waals surface area contributed by atoms with Crippen LogP contribution < -0.4 is 5.32 Å². The summed E-state index contributed by atoms with van der Waals surface area (Å²) in [7, 11) is 0. The molecular formula is C16H21N3O. The van der Waals surface area contributed by atoms with Crippen LogP contribution in [0.15, 0.2) is 24.5 Å². The van der Waals surface area contributed by atoms with Crippen molar-refractivity contribution in [3.05, 3.63) is 30.1 Å². The van der Waals surface area contributed by atoms with Crippen LogP contribution in [0, 0.1) is 5.92 Å². The molecular weight excluding hydrogens is 250 g/mol. The number of fused-ring (bicyclic) bond motifs is 1. The van der Waals surface area contributed by atoms with Gasteiger partial charge in [0.25, 0.3) is 0 Å². The Morgan fingerprint density at radius 1 is 1.45 bits per heavy atom. The van der Waals surface area contributed by atoms with E-state index in [4.69, 9.17) is 0 Å². The van der Waals surface area contributed by atoms with E-state index in [0.717, 1.165) is 42.5 Å². The van der Waals surface area contributed by atoms with Crippen molar-refractivity contribution in [2.45, 2.75) is 32.7 Å². The molecule has 0 aliphatic carbocycles. The quantitative estimate of drug-likeness (QED) is 0.873. The molecule has 0 bridgehead atoms. The van der Waals surface area contributed by atoms with E-state index in [9.17, 15) is 4.79 Å². The molecule has 0 radical (unpaired) electrons. The molecule has 1 N–H and O–H groups in total. The molecule has 106 valence electrons. The van der Waals surface area contributed by atoms with Crippen molar-refractivity contribution in [1.82, 2.24) is 14.9 Å². The topological polar surface area (TPSA) is 46.9 Å². The van der Waals surface area contributed by atoms with Gasteiger partial charge in [-0.2, -0.15) is 0 Å². The summed E-state index contributed by atoms with van der Waals surface area (Å²) in [6.07, 6.45) is 3.93. The molecule has 20 heavy (non-hydrogen) atoms. The second-order valence-corrected chi connectivity index (χ2v) is 5.86. The Labute approximate surface area is 119 Å². The smallest absolute Gasteiger partial charge is 0.167 e. The van der Waals surface area contributed by atoms with Crippen LogP contribution in [0.1, 0.15) is 43.1 Å². The van der Waals surface area contributed by atoms with Crippen LogP contribution in [0.2, 0.25) is 0 Å². The minimum atomic E-state index is 0.119. The van der Waals surface area contributed by atoms with Gasteiger partial charge in [-0.3, -0.25) is 4.79 Å². The van der Waals surface area contributed by atoms with Gasteiger partial charge < -0.3 is 9.88 Å². The standard InChI is InChI=1S/C16H21N3O/c1-11(2)19-10-18-14-8-12(5-6-15(14)19)16(20)13-4-3-7-17-9-13/h5-6,8,10-11,13,17H,3-4,7,9H2,1-2H3. The average Bonchev–Trinajstić information content (AvgIpc) is 2.90. The molecule has 0 amide bonds. The number of benzene rings is 1. The van der Waals surface area contributed by atoms with Crippen LogP contribution in [0.5, 0.6) is 0 Å². The molecule has 1 aromatic heterocycles. The number of nitrogens with zero attached hydrogens (tertiary/aromatic N) is 2. The molecule has 2 aromatic rings. The molecule has 1 unspecified atom stereocenters. The highest BCUT2D eigenvalue weighted by atomic mass is 16.1. The van der Waals surface area contributed by atoms with Crippen molar-refractivity contribution >= 4 is 16.8 Å². The number of piperidine rings is 1. The summed E-state index contributed by atoms with van der Waals surface area (Å²) in [5.74, 6) is 0.367. The zero-order chi connectivity index (χ0) is 14.1. The molecule has 3 rings (SSSR count). The summed E-state index contributed by atoms with van der Waals surface area (Å²) in [5.41, 5.74) is 2.80. The van der Waals surface area contributed by atoms with E-state index in [1.54, 1.807) is 0 Å². The summed E-state index contributed by atoms with van der Waals surface area (Å²) < 4.78 is 2.13. The molecule has 0 saturated carbocycles. The molecule has 2 heterocycles. The van der Waals surface area contributed by atoms with Gasteiger partial charge in [0.15, 0.2) is 5.78 Å². The number of nitrogens with one attached hydrogen (secondary N) is 1. The predicted octanol–water partition coefficient (Wildman–Crippen LogP) is 2.80. The molecule has 4 heteroatoms. The number of rotatable bonds is 3. The summed E-state index contributed by atoms with van der Waals surface area (Å²) >= 11 is 0. The highest BCUT2D eigenvalue weighted by molar-refractivity contribution is 6.00. The van der Waals surface area contributed by atoms with Gasteiger partial charge >= 0.3 is 0 Å². The van der Waals surface area contributed by atoms with E-state index in [1.807, 2.05) is 24.5 Å². The van der Waals surface area contributed by atoms with Crippen molar-refractivity contribution < 1.29 is 4.79 Å². The van der Waals surface area contributed by atoms with Crippen molar-refractivity contribution in [2.75, 3.05) is 13.1 Å². The SMILES string of the molecule is CC(C)n1cnc2cc(C(=O)C3CCCNC3)ccc21. The lowest BCUT2D eigenvalue weighted by Crippen LogP contribution is -2.34. The molecule has 1 saturated heterocycles. The van der Waals surface area contributed by atoms with Gasteiger partial charge in [0.05, 0.1) is 17.4 Å². The zero-order valence-electron chi connectivity index (χ0n) is 12.1. The van der Waals surface area contributed by atoms with Crippen LogP contribution in [-0.2, 0) is 0 Å². The summed E-state index contributed by atoms with van der Waals surface area (Å²) in [6, 6.07) is 6.28. The van der Waals surface area contributed by atoms with Gasteiger partial charge in [0.1, 0.15) is 0 Å². The largest absolute Gasteiger partial charge is 0.328 e. The zero-order valence-corrected chi connectivity index (χ0v) is 12.1. The second kappa shape index (κ2) is 5.37. The second-order valence-electron chi connectivity index (χ2n) is 5.86. The Bertz CT molecular complexity index is 624. The monoisotopic (exact) mass is 271 g/mol. The van der Waals surface area contributed by atoms with Crippen molar-refractivity contribution in [1.29, 1.82) is 0 Å². The molecule has 1 fully saturated rings. The highest BCUT2D eigenvalue weighted by Crippen LogP contribution is 2.22. The summed E-state index contributed by atoms with van der Waals surface area (Å²) in [4.78, 5) is 16.9. The third kappa shape index (κ3) is 2.36. The van der Waals surface area contributed by atoms with E-state index < -0.39 is 0 Å². The third-order valence-corrected chi connectivity index (χ3v) is 4.08. The van der Waals surface area contributed by atoms with Crippen LogP contribution in [0.3, 0.4) is 0 Å². The lowest BCUT2D eigenvalue weighted by atomic mass is 9.91. The van der Waals surface area contributed by atoms with E-state index >= 15 is 0 Å². The number of aromatic nitrogens is 2. The first-order valence-electron chi connectivity index (χ1n) is 7.38. The highest BCUT2D eigenvalue weighted by Gasteiger charge is 2.22. The molecule has 4 nitrogen and oxygen atoms in total. The van der Waals surface area contributed by atoms with Gasteiger partial charge in [-0.15, -0.1) is 0 Å². The first kappa shape index (κ1) is 13.3. The van der Waals surface area contributed by atoms with Crippen molar-refractivity contribution in [2.24, 2.45) is 5.92 Å². The van der Waals surface area contributed by atoms with Crippen LogP contribution in [0.4, 0.5) is 0 Å². The van der Waals surface area contributed by atoms with Crippen LogP contribution in [-0.4, -0.2) is 28.4 Å². The fourth-order valence-corrected chi connectivity index (χ4v) is 2.91. The van der Waals surface area contributed by atoms with Crippen molar-refractivity contribution in [3.8, 4) is 0 Å². The van der Waals surface area contributed by atoms with Gasteiger partial charge in [0, 0.05) is 24.1 Å². The Hall–Kier alpha value is -1.68. The maximum absolute atomic E-state index is 12.5. The number of imidazole rings is 1. The minimum absolute atomic E-state index is 0.119. The number of carbonyl (C=O) groups excluding carboxylic acids is 1. The van der Waals surface area contributed by atoms with Gasteiger partial charge in [-0.1, -0.05) is 0 Å². The minimum Gasteiger partial charge on any atom is -0.328 e. The van der Waals surface area contributed by atoms with Gasteiger partial charge in [-0.05, 0) is 51.4 Å². The normalized spacial score (nSPS) is 19.6.